The lowest BCUT2D eigenvalue weighted by molar-refractivity contribution is -0.134. The summed E-state index contributed by atoms with van der Waals surface area (Å²) in [5.41, 5.74) is 2.87. The second-order valence-electron chi connectivity index (χ2n) is 9.77. The zero-order valence-corrected chi connectivity index (χ0v) is 23.6. The van der Waals surface area contributed by atoms with Crippen molar-refractivity contribution in [1.82, 2.24) is 5.32 Å². The summed E-state index contributed by atoms with van der Waals surface area (Å²) in [5, 5.41) is 5.08. The van der Waals surface area contributed by atoms with Crippen LogP contribution < -0.4 is 15.4 Å². The number of nitrogens with one attached hydrogen (secondary N) is 3. The third-order valence-electron chi connectivity index (χ3n) is 6.75. The van der Waals surface area contributed by atoms with Crippen LogP contribution in [0.2, 0.25) is 0 Å². The summed E-state index contributed by atoms with van der Waals surface area (Å²) in [7, 11) is -3.99. The molecule has 0 aliphatic carbocycles. The second-order valence-corrected chi connectivity index (χ2v) is 11.8. The number of unbranched alkanes of at least 4 members (excludes halogenated alkanes) is 3. The molecular formula is C30H32ClN3O5S. The molecule has 0 bridgehead atoms. The Morgan fingerprint density at radius 1 is 0.900 bits per heavy atom. The standard InChI is InChI=1S/C30H32ClN3O5S/c31-18-4-2-1-3-7-21-12-14-22(15-13-21)29(36)32-24-9-6-11-26(20-24)40(38,39)34-25-10-5-8-23(19-25)27-16-17-28(35)33-30(27)37/h5-6,8-15,19-20,27,34H,1-4,7,16-18H2,(H,32,36)(H,33,35,37). The average Bonchev–Trinajstić information content (AvgIpc) is 2.93. The first-order chi connectivity index (χ1) is 19.2. The number of hydrogen-bond donors (Lipinski definition) is 3. The van der Waals surface area contributed by atoms with Crippen LogP contribution in [0, 0.1) is 0 Å². The largest absolute Gasteiger partial charge is 0.322 e. The molecule has 0 aromatic heterocycles. The summed E-state index contributed by atoms with van der Waals surface area (Å²) >= 11 is 5.71. The van der Waals surface area contributed by atoms with E-state index in [1.165, 1.54) is 12.1 Å². The van der Waals surface area contributed by atoms with Gasteiger partial charge in [0.05, 0.1) is 10.8 Å². The van der Waals surface area contributed by atoms with Gasteiger partial charge >= 0.3 is 0 Å². The van der Waals surface area contributed by atoms with Crippen LogP contribution in [0.3, 0.4) is 0 Å². The maximum Gasteiger partial charge on any atom is 0.261 e. The van der Waals surface area contributed by atoms with Crippen LogP contribution in [-0.4, -0.2) is 32.0 Å². The van der Waals surface area contributed by atoms with E-state index in [0.717, 1.165) is 37.7 Å². The number of halogens is 1. The van der Waals surface area contributed by atoms with Crippen LogP contribution >= 0.6 is 11.6 Å². The molecule has 1 heterocycles. The van der Waals surface area contributed by atoms with E-state index in [1.54, 1.807) is 48.5 Å². The van der Waals surface area contributed by atoms with Crippen molar-refractivity contribution < 1.29 is 22.8 Å². The van der Waals surface area contributed by atoms with Crippen molar-refractivity contribution >= 4 is 50.7 Å². The van der Waals surface area contributed by atoms with Crippen LogP contribution in [0.5, 0.6) is 0 Å². The van der Waals surface area contributed by atoms with Gasteiger partial charge in [-0.15, -0.1) is 11.6 Å². The zero-order valence-electron chi connectivity index (χ0n) is 22.0. The quantitative estimate of drug-likeness (QED) is 0.146. The molecule has 4 rings (SSSR count). The number of hydrogen-bond acceptors (Lipinski definition) is 5. The van der Waals surface area contributed by atoms with E-state index in [2.05, 4.69) is 15.4 Å². The van der Waals surface area contributed by atoms with E-state index < -0.39 is 21.8 Å². The van der Waals surface area contributed by atoms with Crippen molar-refractivity contribution in [2.75, 3.05) is 15.9 Å². The Bertz CT molecular complexity index is 1470. The Labute approximate surface area is 239 Å². The number of rotatable bonds is 12. The minimum atomic E-state index is -3.99. The second kappa shape index (κ2) is 13.6. The van der Waals surface area contributed by atoms with Crippen LogP contribution in [0.1, 0.15) is 65.9 Å². The molecule has 1 aliphatic heterocycles. The van der Waals surface area contributed by atoms with Gasteiger partial charge in [-0.3, -0.25) is 24.4 Å². The summed E-state index contributed by atoms with van der Waals surface area (Å²) in [4.78, 5) is 36.5. The average molecular weight is 582 g/mol. The van der Waals surface area contributed by atoms with Crippen LogP contribution in [0.4, 0.5) is 11.4 Å². The lowest BCUT2D eigenvalue weighted by atomic mass is 9.90. The van der Waals surface area contributed by atoms with Crippen molar-refractivity contribution in [3.8, 4) is 0 Å². The van der Waals surface area contributed by atoms with Crippen molar-refractivity contribution in [3.05, 3.63) is 89.5 Å². The third kappa shape index (κ3) is 7.92. The maximum absolute atomic E-state index is 13.1. The Morgan fingerprint density at radius 2 is 1.62 bits per heavy atom. The highest BCUT2D eigenvalue weighted by molar-refractivity contribution is 7.92. The fourth-order valence-electron chi connectivity index (χ4n) is 4.59. The number of benzene rings is 3. The Morgan fingerprint density at radius 3 is 2.38 bits per heavy atom. The highest BCUT2D eigenvalue weighted by Crippen LogP contribution is 2.28. The summed E-state index contributed by atoms with van der Waals surface area (Å²) in [6.45, 7) is 0. The van der Waals surface area contributed by atoms with Crippen LogP contribution in [-0.2, 0) is 26.0 Å². The number of carbonyl (C=O) groups is 3. The molecule has 0 saturated carbocycles. The fourth-order valence-corrected chi connectivity index (χ4v) is 5.87. The van der Waals surface area contributed by atoms with Gasteiger partial charge in [-0.05, 0) is 79.3 Å². The van der Waals surface area contributed by atoms with E-state index in [-0.39, 0.29) is 28.8 Å². The number of piperidine rings is 1. The molecule has 1 saturated heterocycles. The predicted octanol–water partition coefficient (Wildman–Crippen LogP) is 5.60. The smallest absolute Gasteiger partial charge is 0.261 e. The van der Waals surface area contributed by atoms with Crippen molar-refractivity contribution in [3.63, 3.8) is 0 Å². The molecule has 8 nitrogen and oxygen atoms in total. The fraction of sp³-hybridized carbons (Fsp3) is 0.300. The van der Waals surface area contributed by atoms with E-state index in [4.69, 9.17) is 11.6 Å². The van der Waals surface area contributed by atoms with E-state index >= 15 is 0 Å². The molecule has 3 N–H and O–H groups in total. The predicted molar refractivity (Wildman–Crippen MR) is 156 cm³/mol. The van der Waals surface area contributed by atoms with Gasteiger partial charge in [-0.2, -0.15) is 0 Å². The number of alkyl halides is 1. The molecule has 1 unspecified atom stereocenters. The SMILES string of the molecule is O=C1CCC(c2cccc(NS(=O)(=O)c3cccc(NC(=O)c4ccc(CCCCCCCl)cc4)c3)c2)C(=O)N1. The number of aryl methyl sites for hydroxylation is 1. The van der Waals surface area contributed by atoms with Gasteiger partial charge in [0.1, 0.15) is 0 Å². The van der Waals surface area contributed by atoms with Gasteiger partial charge in [-0.25, -0.2) is 8.42 Å². The zero-order chi connectivity index (χ0) is 28.5. The van der Waals surface area contributed by atoms with Gasteiger partial charge in [0.25, 0.3) is 15.9 Å². The molecule has 10 heteroatoms. The molecule has 210 valence electrons. The molecule has 0 spiro atoms. The third-order valence-corrected chi connectivity index (χ3v) is 8.39. The molecular weight excluding hydrogens is 550 g/mol. The van der Waals surface area contributed by atoms with Gasteiger partial charge in [0.15, 0.2) is 0 Å². The summed E-state index contributed by atoms with van der Waals surface area (Å²) in [5.74, 6) is -0.891. The van der Waals surface area contributed by atoms with Gasteiger partial charge in [-0.1, -0.05) is 43.2 Å². The van der Waals surface area contributed by atoms with Crippen LogP contribution in [0.15, 0.2) is 77.7 Å². The first kappa shape index (κ1) is 29.3. The molecule has 3 amide bonds. The topological polar surface area (TPSA) is 121 Å². The first-order valence-corrected chi connectivity index (χ1v) is 15.3. The molecule has 1 atom stereocenters. The van der Waals surface area contributed by atoms with Gasteiger partial charge in [0.2, 0.25) is 11.8 Å². The first-order valence-electron chi connectivity index (χ1n) is 13.3. The number of imide groups is 1. The van der Waals surface area contributed by atoms with Gasteiger partial charge < -0.3 is 5.32 Å². The molecule has 0 radical (unpaired) electrons. The number of anilines is 2. The maximum atomic E-state index is 13.1. The lowest BCUT2D eigenvalue weighted by Gasteiger charge is -2.21. The number of amides is 3. The Kier molecular flexibility index (Phi) is 9.95. The summed E-state index contributed by atoms with van der Waals surface area (Å²) < 4.78 is 28.8. The summed E-state index contributed by atoms with van der Waals surface area (Å²) in [6, 6.07) is 20.0. The van der Waals surface area contributed by atoms with Crippen molar-refractivity contribution in [2.45, 2.75) is 55.8 Å². The van der Waals surface area contributed by atoms with Crippen molar-refractivity contribution in [1.29, 1.82) is 0 Å². The number of sulfonamides is 1. The Balaban J connectivity index is 1.39. The summed E-state index contributed by atoms with van der Waals surface area (Å²) in [6.07, 6.45) is 5.85. The lowest BCUT2D eigenvalue weighted by Crippen LogP contribution is -2.39. The van der Waals surface area contributed by atoms with E-state index in [1.807, 2.05) is 12.1 Å². The monoisotopic (exact) mass is 581 g/mol. The normalized spacial score (nSPS) is 15.4. The molecule has 40 heavy (non-hydrogen) atoms. The molecule has 3 aromatic carbocycles. The van der Waals surface area contributed by atoms with E-state index in [9.17, 15) is 22.8 Å². The Hall–Kier alpha value is -3.69. The van der Waals surface area contributed by atoms with E-state index in [0.29, 0.717) is 29.1 Å². The minimum Gasteiger partial charge on any atom is -0.322 e. The molecule has 3 aromatic rings. The van der Waals surface area contributed by atoms with Crippen LogP contribution in [0.25, 0.3) is 0 Å². The number of carbonyl (C=O) groups excluding carboxylic acids is 3. The highest BCUT2D eigenvalue weighted by Gasteiger charge is 2.28. The minimum absolute atomic E-state index is 0.0266. The highest BCUT2D eigenvalue weighted by atomic mass is 35.5. The van der Waals surface area contributed by atoms with Gasteiger partial charge in [0, 0.05) is 29.2 Å². The van der Waals surface area contributed by atoms with Crippen molar-refractivity contribution in [2.24, 2.45) is 0 Å². The molecule has 1 aliphatic rings. The molecule has 1 fully saturated rings.